The van der Waals surface area contributed by atoms with Gasteiger partial charge in [0, 0.05) is 31.8 Å². The lowest BCUT2D eigenvalue weighted by Gasteiger charge is -2.32. The van der Waals surface area contributed by atoms with Crippen LogP contribution < -0.4 is 0 Å². The third-order valence-electron chi connectivity index (χ3n) is 3.09. The molecule has 0 bridgehead atoms. The second-order valence-electron chi connectivity index (χ2n) is 4.14. The summed E-state index contributed by atoms with van der Waals surface area (Å²) in [4.78, 5) is 15.6. The van der Waals surface area contributed by atoms with Gasteiger partial charge >= 0.3 is 0 Å². The van der Waals surface area contributed by atoms with Crippen molar-refractivity contribution < 1.29 is 4.79 Å². The second kappa shape index (κ2) is 7.31. The molecule has 0 fully saturated rings. The van der Waals surface area contributed by atoms with Gasteiger partial charge in [0.2, 0.25) is 5.91 Å². The van der Waals surface area contributed by atoms with Gasteiger partial charge in [-0.3, -0.25) is 4.79 Å². The molecule has 0 saturated carbocycles. The summed E-state index contributed by atoms with van der Waals surface area (Å²) in [5.74, 6) is 0.127. The molecule has 0 aliphatic carbocycles. The number of hydrogen-bond donors (Lipinski definition) is 0. The Labute approximate surface area is 100 Å². The number of nitrogens with zero attached hydrogens (tertiary/aromatic N) is 2. The smallest absolute Gasteiger partial charge is 0.220 e. The van der Waals surface area contributed by atoms with Gasteiger partial charge in [-0.25, -0.2) is 0 Å². The maximum Gasteiger partial charge on any atom is 0.220 e. The number of hydrogen-bond acceptors (Lipinski definition) is 2. The van der Waals surface area contributed by atoms with Crippen LogP contribution in [0.1, 0.15) is 41.0 Å². The van der Waals surface area contributed by atoms with Crippen molar-refractivity contribution in [3.63, 3.8) is 0 Å². The van der Waals surface area contributed by atoms with Crippen LogP contribution in [-0.2, 0) is 4.79 Å². The summed E-state index contributed by atoms with van der Waals surface area (Å²) in [5.41, 5.74) is 1.03. The fraction of sp³-hybridized carbons (Fsp3) is 0.769. The molecule has 0 aliphatic heterocycles. The minimum Gasteiger partial charge on any atom is -0.374 e. The zero-order chi connectivity index (χ0) is 12.7. The Morgan fingerprint density at radius 2 is 1.75 bits per heavy atom. The van der Waals surface area contributed by atoms with Crippen molar-refractivity contribution in [2.24, 2.45) is 0 Å². The van der Waals surface area contributed by atoms with Gasteiger partial charge in [-0.15, -0.1) is 0 Å². The lowest BCUT2D eigenvalue weighted by atomic mass is 10.2. The second-order valence-corrected chi connectivity index (χ2v) is 4.14. The van der Waals surface area contributed by atoms with Crippen molar-refractivity contribution in [1.82, 2.24) is 9.80 Å². The SMILES string of the molecule is C=C(CN(C(C)=O)C(C)CC)N(CC)CC. The van der Waals surface area contributed by atoms with Crippen molar-refractivity contribution in [3.8, 4) is 0 Å². The molecule has 1 amide bonds. The van der Waals surface area contributed by atoms with E-state index in [1.165, 1.54) is 0 Å². The zero-order valence-corrected chi connectivity index (χ0v) is 11.4. The number of amides is 1. The number of carbonyl (C=O) groups excluding carboxylic acids is 1. The van der Waals surface area contributed by atoms with Crippen LogP contribution in [0.15, 0.2) is 12.3 Å². The largest absolute Gasteiger partial charge is 0.374 e. The molecule has 16 heavy (non-hydrogen) atoms. The van der Waals surface area contributed by atoms with Crippen LogP contribution in [0.2, 0.25) is 0 Å². The topological polar surface area (TPSA) is 23.6 Å². The van der Waals surface area contributed by atoms with Gasteiger partial charge in [-0.05, 0) is 27.2 Å². The van der Waals surface area contributed by atoms with Crippen molar-refractivity contribution in [1.29, 1.82) is 0 Å². The summed E-state index contributed by atoms with van der Waals surface area (Å²) >= 11 is 0. The quantitative estimate of drug-likeness (QED) is 0.666. The lowest BCUT2D eigenvalue weighted by Crippen LogP contribution is -2.41. The highest BCUT2D eigenvalue weighted by atomic mass is 16.2. The molecular weight excluding hydrogens is 200 g/mol. The van der Waals surface area contributed by atoms with Crippen molar-refractivity contribution in [2.45, 2.75) is 47.1 Å². The Bertz CT molecular complexity index is 234. The molecular formula is C13H26N2O. The lowest BCUT2D eigenvalue weighted by molar-refractivity contribution is -0.130. The molecule has 0 radical (unpaired) electrons. The van der Waals surface area contributed by atoms with E-state index in [1.807, 2.05) is 4.90 Å². The fourth-order valence-electron chi connectivity index (χ4n) is 1.77. The third-order valence-corrected chi connectivity index (χ3v) is 3.09. The van der Waals surface area contributed by atoms with E-state index in [-0.39, 0.29) is 11.9 Å². The van der Waals surface area contributed by atoms with E-state index in [4.69, 9.17) is 0 Å². The van der Waals surface area contributed by atoms with Crippen molar-refractivity contribution in [3.05, 3.63) is 12.3 Å². The monoisotopic (exact) mass is 226 g/mol. The van der Waals surface area contributed by atoms with Gasteiger partial charge in [0.1, 0.15) is 0 Å². The molecule has 3 nitrogen and oxygen atoms in total. The molecule has 0 rings (SSSR count). The first-order valence-corrected chi connectivity index (χ1v) is 6.17. The van der Waals surface area contributed by atoms with E-state index < -0.39 is 0 Å². The summed E-state index contributed by atoms with van der Waals surface area (Å²) in [6, 6.07) is 0.282. The molecule has 1 atom stereocenters. The third kappa shape index (κ3) is 4.25. The molecule has 0 aromatic rings. The summed E-state index contributed by atoms with van der Waals surface area (Å²) in [7, 11) is 0. The van der Waals surface area contributed by atoms with Crippen LogP contribution in [0.4, 0.5) is 0 Å². The first-order valence-electron chi connectivity index (χ1n) is 6.17. The molecule has 0 saturated heterocycles. The van der Waals surface area contributed by atoms with Crippen molar-refractivity contribution >= 4 is 5.91 Å². The molecule has 0 aromatic heterocycles. The van der Waals surface area contributed by atoms with Gasteiger partial charge in [0.05, 0.1) is 6.54 Å². The Balaban J connectivity index is 4.51. The molecule has 1 unspecified atom stereocenters. The van der Waals surface area contributed by atoms with E-state index >= 15 is 0 Å². The summed E-state index contributed by atoms with van der Waals surface area (Å²) in [6.45, 7) is 16.6. The van der Waals surface area contributed by atoms with Gasteiger partial charge < -0.3 is 9.80 Å². The van der Waals surface area contributed by atoms with Gasteiger partial charge in [-0.2, -0.15) is 0 Å². The first kappa shape index (κ1) is 15.0. The molecule has 3 heteroatoms. The van der Waals surface area contributed by atoms with E-state index in [1.54, 1.807) is 6.92 Å². The highest BCUT2D eigenvalue weighted by Crippen LogP contribution is 2.10. The minimum absolute atomic E-state index is 0.127. The van der Waals surface area contributed by atoms with E-state index in [9.17, 15) is 4.79 Å². The molecule has 0 heterocycles. The van der Waals surface area contributed by atoms with E-state index in [2.05, 4.69) is 39.2 Å². The first-order chi connectivity index (χ1) is 7.47. The Hall–Kier alpha value is -0.990. The molecule has 94 valence electrons. The molecule has 0 spiro atoms. The van der Waals surface area contributed by atoms with Crippen LogP contribution in [0.25, 0.3) is 0 Å². The normalized spacial score (nSPS) is 12.1. The van der Waals surface area contributed by atoms with Gasteiger partial charge in [0.15, 0.2) is 0 Å². The minimum atomic E-state index is 0.127. The number of rotatable bonds is 7. The standard InChI is InChI=1S/C13H26N2O/c1-7-11(4)15(13(6)16)10-12(5)14(8-2)9-3/h11H,5,7-10H2,1-4,6H3. The maximum atomic E-state index is 11.5. The molecule has 0 N–H and O–H groups in total. The summed E-state index contributed by atoms with van der Waals surface area (Å²) in [6.07, 6.45) is 0.977. The fourth-order valence-corrected chi connectivity index (χ4v) is 1.77. The van der Waals surface area contributed by atoms with E-state index in [0.29, 0.717) is 6.54 Å². The Morgan fingerprint density at radius 3 is 2.06 bits per heavy atom. The summed E-state index contributed by atoms with van der Waals surface area (Å²) < 4.78 is 0. The highest BCUT2D eigenvalue weighted by Gasteiger charge is 2.17. The van der Waals surface area contributed by atoms with Gasteiger partial charge in [0.25, 0.3) is 0 Å². The van der Waals surface area contributed by atoms with Crippen LogP contribution in [0.5, 0.6) is 0 Å². The average Bonchev–Trinajstić information content (AvgIpc) is 2.26. The number of carbonyl (C=O) groups is 1. The van der Waals surface area contributed by atoms with Crippen LogP contribution >= 0.6 is 0 Å². The Morgan fingerprint density at radius 1 is 1.25 bits per heavy atom. The average molecular weight is 226 g/mol. The van der Waals surface area contributed by atoms with Gasteiger partial charge in [-0.1, -0.05) is 13.5 Å². The highest BCUT2D eigenvalue weighted by molar-refractivity contribution is 5.73. The Kier molecular flexibility index (Phi) is 6.86. The van der Waals surface area contributed by atoms with E-state index in [0.717, 1.165) is 25.2 Å². The molecule has 0 aromatic carbocycles. The number of likely N-dealkylation sites (N-methyl/N-ethyl adjacent to an activating group) is 1. The van der Waals surface area contributed by atoms with Crippen LogP contribution in [0.3, 0.4) is 0 Å². The maximum absolute atomic E-state index is 11.5. The summed E-state index contributed by atoms with van der Waals surface area (Å²) in [5, 5.41) is 0. The predicted octanol–water partition coefficient (Wildman–Crippen LogP) is 2.49. The predicted molar refractivity (Wildman–Crippen MR) is 69.2 cm³/mol. The van der Waals surface area contributed by atoms with Crippen LogP contribution in [0, 0.1) is 0 Å². The zero-order valence-electron chi connectivity index (χ0n) is 11.4. The van der Waals surface area contributed by atoms with Crippen molar-refractivity contribution in [2.75, 3.05) is 19.6 Å². The van der Waals surface area contributed by atoms with Crippen LogP contribution in [-0.4, -0.2) is 41.4 Å². The molecule has 0 aliphatic rings.